The van der Waals surface area contributed by atoms with Crippen LogP contribution >= 0.6 is 0 Å². The zero-order valence-corrected chi connectivity index (χ0v) is 15.7. The van der Waals surface area contributed by atoms with E-state index in [1.165, 1.54) is 0 Å². The van der Waals surface area contributed by atoms with Crippen LogP contribution in [-0.4, -0.2) is 25.7 Å². The van der Waals surface area contributed by atoms with Crippen molar-refractivity contribution in [2.45, 2.75) is 26.2 Å². The molecule has 1 heterocycles. The quantitative estimate of drug-likeness (QED) is 0.789. The van der Waals surface area contributed by atoms with E-state index in [0.29, 0.717) is 19.1 Å². The van der Waals surface area contributed by atoms with E-state index >= 15 is 0 Å². The Morgan fingerprint density at radius 1 is 1.11 bits per heavy atom. The average Bonchev–Trinajstić information content (AvgIpc) is 2.69. The van der Waals surface area contributed by atoms with Crippen molar-refractivity contribution in [3.63, 3.8) is 0 Å². The van der Waals surface area contributed by atoms with E-state index in [4.69, 9.17) is 14.7 Å². The number of nitriles is 1. The third-order valence-corrected chi connectivity index (χ3v) is 4.53. The van der Waals surface area contributed by atoms with Crippen molar-refractivity contribution in [2.24, 2.45) is 5.92 Å². The number of amides is 1. The lowest BCUT2D eigenvalue weighted by Crippen LogP contribution is -2.30. The summed E-state index contributed by atoms with van der Waals surface area (Å²) in [4.78, 5) is 12.6. The SMILES string of the molecule is CC(C)CC(C(=O)NCC#N)c1cccc(-c2ccc3c(c2)OCCO3)c1. The van der Waals surface area contributed by atoms with Crippen LogP contribution in [0.3, 0.4) is 0 Å². The minimum atomic E-state index is -0.282. The Labute approximate surface area is 159 Å². The van der Waals surface area contributed by atoms with Gasteiger partial charge in [0.2, 0.25) is 5.91 Å². The standard InChI is InChI=1S/C22H24N2O3/c1-15(2)12-19(22(25)24-9-8-23)18-5-3-4-16(13-18)17-6-7-20-21(14-17)27-11-10-26-20/h3-7,13-15,19H,9-12H2,1-2H3,(H,24,25). The Balaban J connectivity index is 1.90. The van der Waals surface area contributed by atoms with Gasteiger partial charge >= 0.3 is 0 Å². The number of fused-ring (bicyclic) bond motifs is 1. The monoisotopic (exact) mass is 364 g/mol. The summed E-state index contributed by atoms with van der Waals surface area (Å²) in [5, 5.41) is 11.5. The first-order valence-corrected chi connectivity index (χ1v) is 9.23. The predicted octanol–water partition coefficient (Wildman–Crippen LogP) is 3.89. The van der Waals surface area contributed by atoms with Crippen molar-refractivity contribution in [3.8, 4) is 28.7 Å². The molecular weight excluding hydrogens is 340 g/mol. The van der Waals surface area contributed by atoms with Crippen molar-refractivity contribution < 1.29 is 14.3 Å². The fourth-order valence-electron chi connectivity index (χ4n) is 3.27. The molecular formula is C22H24N2O3. The molecule has 0 spiro atoms. The highest BCUT2D eigenvalue weighted by Gasteiger charge is 2.22. The highest BCUT2D eigenvalue weighted by atomic mass is 16.6. The Morgan fingerprint density at radius 2 is 1.85 bits per heavy atom. The molecule has 27 heavy (non-hydrogen) atoms. The third kappa shape index (κ3) is 4.59. The largest absolute Gasteiger partial charge is 0.486 e. The van der Waals surface area contributed by atoms with Crippen LogP contribution in [0.1, 0.15) is 31.7 Å². The van der Waals surface area contributed by atoms with Crippen molar-refractivity contribution in [3.05, 3.63) is 48.0 Å². The molecule has 0 radical (unpaired) electrons. The van der Waals surface area contributed by atoms with Gasteiger partial charge in [0.25, 0.3) is 0 Å². The fourth-order valence-corrected chi connectivity index (χ4v) is 3.27. The molecule has 5 heteroatoms. The van der Waals surface area contributed by atoms with Crippen molar-refractivity contribution in [1.82, 2.24) is 5.32 Å². The van der Waals surface area contributed by atoms with E-state index in [1.807, 2.05) is 48.5 Å². The lowest BCUT2D eigenvalue weighted by atomic mass is 9.88. The van der Waals surface area contributed by atoms with Gasteiger partial charge in [-0.1, -0.05) is 44.2 Å². The minimum absolute atomic E-state index is 0.0231. The molecule has 2 aromatic rings. The average molecular weight is 364 g/mol. The number of ether oxygens (including phenoxy) is 2. The maximum Gasteiger partial charge on any atom is 0.228 e. The number of rotatable bonds is 6. The number of carbonyl (C=O) groups excluding carboxylic acids is 1. The Kier molecular flexibility index (Phi) is 5.97. The fraction of sp³-hybridized carbons (Fsp3) is 0.364. The van der Waals surface area contributed by atoms with Crippen LogP contribution in [0.5, 0.6) is 11.5 Å². The van der Waals surface area contributed by atoms with Gasteiger partial charge < -0.3 is 14.8 Å². The summed E-state index contributed by atoms with van der Waals surface area (Å²) in [5.74, 6) is 1.48. The minimum Gasteiger partial charge on any atom is -0.486 e. The second-order valence-electron chi connectivity index (χ2n) is 7.04. The van der Waals surface area contributed by atoms with Gasteiger partial charge in [0.15, 0.2) is 11.5 Å². The van der Waals surface area contributed by atoms with Crippen LogP contribution in [0.4, 0.5) is 0 Å². The summed E-state index contributed by atoms with van der Waals surface area (Å²) in [5.41, 5.74) is 2.99. The molecule has 140 valence electrons. The normalized spacial score (nSPS) is 13.7. The first-order valence-electron chi connectivity index (χ1n) is 9.23. The van der Waals surface area contributed by atoms with Gasteiger partial charge in [-0.2, -0.15) is 5.26 Å². The van der Waals surface area contributed by atoms with Crippen LogP contribution in [0.25, 0.3) is 11.1 Å². The first kappa shape index (κ1) is 18.8. The zero-order valence-electron chi connectivity index (χ0n) is 15.7. The molecule has 1 aliphatic heterocycles. The molecule has 1 amide bonds. The van der Waals surface area contributed by atoms with Crippen molar-refractivity contribution in [2.75, 3.05) is 19.8 Å². The molecule has 1 N–H and O–H groups in total. The molecule has 0 saturated heterocycles. The van der Waals surface area contributed by atoms with Gasteiger partial charge in [-0.3, -0.25) is 4.79 Å². The summed E-state index contributed by atoms with van der Waals surface area (Å²) >= 11 is 0. The van der Waals surface area contributed by atoms with Crippen LogP contribution in [0.15, 0.2) is 42.5 Å². The molecule has 0 aliphatic carbocycles. The van der Waals surface area contributed by atoms with E-state index in [9.17, 15) is 4.79 Å². The number of benzene rings is 2. The number of nitrogens with zero attached hydrogens (tertiary/aromatic N) is 1. The Morgan fingerprint density at radius 3 is 2.59 bits per heavy atom. The van der Waals surface area contributed by atoms with Gasteiger partial charge in [0, 0.05) is 0 Å². The van der Waals surface area contributed by atoms with Gasteiger partial charge in [0.05, 0.1) is 12.0 Å². The zero-order chi connectivity index (χ0) is 19.2. The third-order valence-electron chi connectivity index (χ3n) is 4.53. The molecule has 0 aromatic heterocycles. The summed E-state index contributed by atoms with van der Waals surface area (Å²) in [6, 6.07) is 15.9. The number of hydrogen-bond donors (Lipinski definition) is 1. The molecule has 1 aliphatic rings. The molecule has 1 atom stereocenters. The summed E-state index contributed by atoms with van der Waals surface area (Å²) < 4.78 is 11.3. The highest BCUT2D eigenvalue weighted by Crippen LogP contribution is 2.35. The smallest absolute Gasteiger partial charge is 0.228 e. The van der Waals surface area contributed by atoms with Crippen LogP contribution in [0.2, 0.25) is 0 Å². The lowest BCUT2D eigenvalue weighted by Gasteiger charge is -2.20. The van der Waals surface area contributed by atoms with Crippen molar-refractivity contribution in [1.29, 1.82) is 5.26 Å². The first-order chi connectivity index (χ1) is 13.1. The molecule has 0 saturated carbocycles. The van der Waals surface area contributed by atoms with E-state index in [2.05, 4.69) is 19.2 Å². The van der Waals surface area contributed by atoms with E-state index < -0.39 is 0 Å². The molecule has 1 unspecified atom stereocenters. The summed E-state index contributed by atoms with van der Waals surface area (Å²) in [7, 11) is 0. The predicted molar refractivity (Wildman–Crippen MR) is 104 cm³/mol. The molecule has 0 fully saturated rings. The van der Waals surface area contributed by atoms with E-state index in [-0.39, 0.29) is 18.4 Å². The summed E-state index contributed by atoms with van der Waals surface area (Å²) in [6.07, 6.45) is 0.724. The molecule has 5 nitrogen and oxygen atoms in total. The second-order valence-corrected chi connectivity index (χ2v) is 7.04. The van der Waals surface area contributed by atoms with Gasteiger partial charge in [-0.15, -0.1) is 0 Å². The van der Waals surface area contributed by atoms with Crippen LogP contribution in [0, 0.1) is 17.2 Å². The van der Waals surface area contributed by atoms with E-state index in [0.717, 1.165) is 34.6 Å². The van der Waals surface area contributed by atoms with Gasteiger partial charge in [-0.25, -0.2) is 0 Å². The summed E-state index contributed by atoms with van der Waals surface area (Å²) in [6.45, 7) is 5.32. The van der Waals surface area contributed by atoms with Crippen molar-refractivity contribution >= 4 is 5.91 Å². The van der Waals surface area contributed by atoms with Gasteiger partial charge in [0.1, 0.15) is 19.8 Å². The maximum atomic E-state index is 12.6. The van der Waals surface area contributed by atoms with E-state index in [1.54, 1.807) is 0 Å². The molecule has 3 rings (SSSR count). The van der Waals surface area contributed by atoms with Crippen LogP contribution < -0.4 is 14.8 Å². The molecule has 2 aromatic carbocycles. The second kappa shape index (κ2) is 8.59. The number of hydrogen-bond acceptors (Lipinski definition) is 4. The van der Waals surface area contributed by atoms with Gasteiger partial charge in [-0.05, 0) is 41.2 Å². The number of carbonyl (C=O) groups is 1. The highest BCUT2D eigenvalue weighted by molar-refractivity contribution is 5.84. The lowest BCUT2D eigenvalue weighted by molar-refractivity contribution is -0.122. The Bertz CT molecular complexity index is 855. The number of nitrogens with one attached hydrogen (secondary N) is 1. The van der Waals surface area contributed by atoms with Crippen LogP contribution in [-0.2, 0) is 4.79 Å². The topological polar surface area (TPSA) is 71.4 Å². The molecule has 0 bridgehead atoms. The Hall–Kier alpha value is -3.00. The maximum absolute atomic E-state index is 12.6.